The highest BCUT2D eigenvalue weighted by molar-refractivity contribution is 6.30. The molecule has 0 fully saturated rings. The molecular formula is C18H15ClF3N3. The number of hydrogen-bond acceptors (Lipinski definition) is 3. The molecule has 3 rings (SSSR count). The average Bonchev–Trinajstić information content (AvgIpc) is 2.53. The summed E-state index contributed by atoms with van der Waals surface area (Å²) >= 11 is 5.85. The van der Waals surface area contributed by atoms with E-state index >= 15 is 0 Å². The zero-order valence-electron chi connectivity index (χ0n) is 13.6. The van der Waals surface area contributed by atoms with Crippen molar-refractivity contribution in [2.45, 2.75) is 26.6 Å². The van der Waals surface area contributed by atoms with Crippen LogP contribution >= 0.6 is 11.6 Å². The molecule has 1 aromatic heterocycles. The second-order valence-corrected chi connectivity index (χ2v) is 6.29. The summed E-state index contributed by atoms with van der Waals surface area (Å²) < 4.78 is 39.4. The van der Waals surface area contributed by atoms with Crippen LogP contribution in [0.3, 0.4) is 0 Å². The second-order valence-electron chi connectivity index (χ2n) is 5.85. The highest BCUT2D eigenvalue weighted by Crippen LogP contribution is 2.32. The van der Waals surface area contributed by atoms with Gasteiger partial charge in [0.05, 0.1) is 5.52 Å². The second kappa shape index (κ2) is 6.52. The number of nitrogens with zero attached hydrogens (tertiary/aromatic N) is 2. The third-order valence-electron chi connectivity index (χ3n) is 3.76. The van der Waals surface area contributed by atoms with Gasteiger partial charge in [-0.05, 0) is 48.7 Å². The van der Waals surface area contributed by atoms with Crippen LogP contribution in [-0.4, -0.2) is 9.97 Å². The van der Waals surface area contributed by atoms with Gasteiger partial charge in [0.1, 0.15) is 5.82 Å². The standard InChI is InChI=1S/C18H15ClF3N3/c1-10-7-11(2)15-14(8-10)16(25-17(24-15)18(20,21)22)23-9-12-3-5-13(19)6-4-12/h3-8H,9H2,1-2H3,(H,23,24,25). The Hall–Kier alpha value is -2.34. The molecule has 0 atom stereocenters. The number of aromatic nitrogens is 2. The Kier molecular flexibility index (Phi) is 4.56. The molecule has 3 nitrogen and oxygen atoms in total. The minimum Gasteiger partial charge on any atom is -0.365 e. The van der Waals surface area contributed by atoms with Crippen LogP contribution in [0, 0.1) is 13.8 Å². The monoisotopic (exact) mass is 365 g/mol. The molecule has 0 aliphatic carbocycles. The van der Waals surface area contributed by atoms with E-state index in [1.807, 2.05) is 6.92 Å². The van der Waals surface area contributed by atoms with Crippen LogP contribution in [0.25, 0.3) is 10.9 Å². The molecule has 0 saturated carbocycles. The van der Waals surface area contributed by atoms with Crippen LogP contribution in [0.2, 0.25) is 5.02 Å². The number of rotatable bonds is 3. The molecule has 0 spiro atoms. The zero-order valence-corrected chi connectivity index (χ0v) is 14.3. The number of alkyl halides is 3. The van der Waals surface area contributed by atoms with Gasteiger partial charge in [-0.25, -0.2) is 9.97 Å². The van der Waals surface area contributed by atoms with Crippen LogP contribution in [0.1, 0.15) is 22.5 Å². The van der Waals surface area contributed by atoms with Crippen molar-refractivity contribution >= 4 is 28.3 Å². The lowest BCUT2D eigenvalue weighted by molar-refractivity contribution is -0.144. The smallest absolute Gasteiger partial charge is 0.365 e. The predicted molar refractivity (Wildman–Crippen MR) is 92.8 cm³/mol. The summed E-state index contributed by atoms with van der Waals surface area (Å²) in [5.74, 6) is -0.982. The van der Waals surface area contributed by atoms with Gasteiger partial charge in [0.15, 0.2) is 0 Å². The van der Waals surface area contributed by atoms with Crippen molar-refractivity contribution in [1.29, 1.82) is 0 Å². The minimum absolute atomic E-state index is 0.166. The van der Waals surface area contributed by atoms with E-state index in [9.17, 15) is 13.2 Å². The molecule has 1 N–H and O–H groups in total. The molecule has 1 heterocycles. The molecule has 0 amide bonds. The molecule has 2 aromatic carbocycles. The number of fused-ring (bicyclic) bond motifs is 1. The number of benzene rings is 2. The van der Waals surface area contributed by atoms with E-state index in [0.29, 0.717) is 28.0 Å². The van der Waals surface area contributed by atoms with Crippen molar-refractivity contribution in [3.05, 3.63) is 63.9 Å². The van der Waals surface area contributed by atoms with Crippen molar-refractivity contribution in [3.63, 3.8) is 0 Å². The number of hydrogen-bond donors (Lipinski definition) is 1. The minimum atomic E-state index is -4.61. The molecule has 7 heteroatoms. The van der Waals surface area contributed by atoms with E-state index in [1.165, 1.54) is 0 Å². The zero-order chi connectivity index (χ0) is 18.2. The maximum atomic E-state index is 13.1. The van der Waals surface area contributed by atoms with Crippen molar-refractivity contribution < 1.29 is 13.2 Å². The van der Waals surface area contributed by atoms with Crippen molar-refractivity contribution in [2.24, 2.45) is 0 Å². The summed E-state index contributed by atoms with van der Waals surface area (Å²) in [5.41, 5.74) is 2.79. The van der Waals surface area contributed by atoms with E-state index in [-0.39, 0.29) is 5.82 Å². The Balaban J connectivity index is 2.06. The van der Waals surface area contributed by atoms with Gasteiger partial charge in [0, 0.05) is 17.0 Å². The molecule has 0 aliphatic heterocycles. The molecule has 0 bridgehead atoms. The van der Waals surface area contributed by atoms with Gasteiger partial charge in [-0.15, -0.1) is 0 Å². The summed E-state index contributed by atoms with van der Waals surface area (Å²) in [4.78, 5) is 7.43. The summed E-state index contributed by atoms with van der Waals surface area (Å²) in [6.07, 6.45) is -4.61. The maximum Gasteiger partial charge on any atom is 0.451 e. The fraction of sp³-hybridized carbons (Fsp3) is 0.222. The quantitative estimate of drug-likeness (QED) is 0.663. The van der Waals surface area contributed by atoms with E-state index in [2.05, 4.69) is 15.3 Å². The number of aryl methyl sites for hydroxylation is 2. The topological polar surface area (TPSA) is 37.8 Å². The van der Waals surface area contributed by atoms with E-state index in [1.54, 1.807) is 43.3 Å². The SMILES string of the molecule is Cc1cc(C)c2nc(C(F)(F)F)nc(NCc3ccc(Cl)cc3)c2c1. The fourth-order valence-corrected chi connectivity index (χ4v) is 2.76. The fourth-order valence-electron chi connectivity index (χ4n) is 2.64. The molecule has 130 valence electrons. The number of nitrogens with one attached hydrogen (secondary N) is 1. The molecular weight excluding hydrogens is 351 g/mol. The third kappa shape index (κ3) is 3.85. The Morgan fingerprint density at radius 1 is 1.04 bits per heavy atom. The Bertz CT molecular complexity index is 921. The van der Waals surface area contributed by atoms with Crippen LogP contribution < -0.4 is 5.32 Å². The summed E-state index contributed by atoms with van der Waals surface area (Å²) in [5, 5.41) is 4.16. The van der Waals surface area contributed by atoms with E-state index < -0.39 is 12.0 Å². The normalized spacial score (nSPS) is 11.8. The lowest BCUT2D eigenvalue weighted by atomic mass is 10.1. The third-order valence-corrected chi connectivity index (χ3v) is 4.01. The van der Waals surface area contributed by atoms with Crippen LogP contribution in [0.4, 0.5) is 19.0 Å². The molecule has 0 unspecified atom stereocenters. The lowest BCUT2D eigenvalue weighted by Gasteiger charge is -2.14. The van der Waals surface area contributed by atoms with Crippen LogP contribution in [0.5, 0.6) is 0 Å². The lowest BCUT2D eigenvalue weighted by Crippen LogP contribution is -2.14. The molecule has 0 radical (unpaired) electrons. The largest absolute Gasteiger partial charge is 0.451 e. The van der Waals surface area contributed by atoms with E-state index in [4.69, 9.17) is 11.6 Å². The van der Waals surface area contributed by atoms with Gasteiger partial charge >= 0.3 is 6.18 Å². The summed E-state index contributed by atoms with van der Waals surface area (Å²) in [7, 11) is 0. The van der Waals surface area contributed by atoms with Crippen molar-refractivity contribution in [2.75, 3.05) is 5.32 Å². The Morgan fingerprint density at radius 3 is 2.36 bits per heavy atom. The van der Waals surface area contributed by atoms with E-state index in [0.717, 1.165) is 11.1 Å². The van der Waals surface area contributed by atoms with Gasteiger partial charge in [-0.2, -0.15) is 13.2 Å². The van der Waals surface area contributed by atoms with Gasteiger partial charge in [0.2, 0.25) is 5.82 Å². The maximum absolute atomic E-state index is 13.1. The van der Waals surface area contributed by atoms with Crippen LogP contribution in [0.15, 0.2) is 36.4 Å². The molecule has 0 aliphatic rings. The van der Waals surface area contributed by atoms with Gasteiger partial charge in [0.25, 0.3) is 0 Å². The first-order chi connectivity index (χ1) is 11.7. The first-order valence-electron chi connectivity index (χ1n) is 7.58. The van der Waals surface area contributed by atoms with Gasteiger partial charge < -0.3 is 5.32 Å². The highest BCUT2D eigenvalue weighted by Gasteiger charge is 2.35. The predicted octanol–water partition coefficient (Wildman–Crippen LogP) is 5.53. The number of anilines is 1. The van der Waals surface area contributed by atoms with Crippen LogP contribution in [-0.2, 0) is 12.7 Å². The molecule has 3 aromatic rings. The van der Waals surface area contributed by atoms with Crippen molar-refractivity contribution in [3.8, 4) is 0 Å². The first kappa shape index (κ1) is 17.5. The summed E-state index contributed by atoms with van der Waals surface area (Å²) in [6, 6.07) is 10.7. The van der Waals surface area contributed by atoms with Gasteiger partial charge in [-0.3, -0.25) is 0 Å². The number of halogens is 4. The average molecular weight is 366 g/mol. The first-order valence-corrected chi connectivity index (χ1v) is 7.96. The van der Waals surface area contributed by atoms with Crippen molar-refractivity contribution in [1.82, 2.24) is 9.97 Å². The molecule has 25 heavy (non-hydrogen) atoms. The summed E-state index contributed by atoms with van der Waals surface area (Å²) in [6.45, 7) is 3.95. The van der Waals surface area contributed by atoms with Gasteiger partial charge in [-0.1, -0.05) is 29.8 Å². The highest BCUT2D eigenvalue weighted by atomic mass is 35.5. The Morgan fingerprint density at radius 2 is 1.72 bits per heavy atom. The Labute approximate surface area is 147 Å². The molecule has 0 saturated heterocycles.